The van der Waals surface area contributed by atoms with E-state index in [0.29, 0.717) is 0 Å². The largest absolute Gasteiger partial charge is 0.383 e. The summed E-state index contributed by atoms with van der Waals surface area (Å²) in [4.78, 5) is 12.3. The van der Waals surface area contributed by atoms with Gasteiger partial charge in [0.05, 0.1) is 17.1 Å². The number of benzene rings is 2. The van der Waals surface area contributed by atoms with E-state index < -0.39 is 17.3 Å². The smallest absolute Gasteiger partial charge is 0.252 e. The second kappa shape index (κ2) is 6.30. The van der Waals surface area contributed by atoms with Gasteiger partial charge < -0.3 is 10.4 Å². The fraction of sp³-hybridized carbons (Fsp3) is 0.278. The molecule has 0 radical (unpaired) electrons. The topological polar surface area (TPSA) is 49.3 Å². The third kappa shape index (κ3) is 3.38. The zero-order valence-electron chi connectivity index (χ0n) is 12.4. The summed E-state index contributed by atoms with van der Waals surface area (Å²) in [7, 11) is 0. The fourth-order valence-electron chi connectivity index (χ4n) is 2.75. The van der Waals surface area contributed by atoms with Gasteiger partial charge in [-0.15, -0.1) is 0 Å². The Kier molecular flexibility index (Phi) is 4.37. The highest BCUT2D eigenvalue weighted by Crippen LogP contribution is 2.45. The molecule has 0 aromatic heterocycles. The van der Waals surface area contributed by atoms with Gasteiger partial charge in [0.1, 0.15) is 11.4 Å². The van der Waals surface area contributed by atoms with Crippen molar-refractivity contribution in [3.8, 4) is 0 Å². The Morgan fingerprint density at radius 1 is 1.26 bits per heavy atom. The van der Waals surface area contributed by atoms with Crippen LogP contribution in [0.1, 0.15) is 28.8 Å². The summed E-state index contributed by atoms with van der Waals surface area (Å²) in [6.45, 7) is 0.0915. The summed E-state index contributed by atoms with van der Waals surface area (Å²) in [5.74, 6) is -0.788. The average molecular weight is 334 g/mol. The molecule has 2 N–H and O–H groups in total. The van der Waals surface area contributed by atoms with Crippen molar-refractivity contribution < 1.29 is 14.3 Å². The maximum absolute atomic E-state index is 13.1. The molecule has 1 saturated carbocycles. The lowest BCUT2D eigenvalue weighted by atomic mass is 9.88. The molecule has 120 valence electrons. The van der Waals surface area contributed by atoms with E-state index in [1.165, 1.54) is 12.1 Å². The van der Waals surface area contributed by atoms with Crippen molar-refractivity contribution in [2.24, 2.45) is 5.92 Å². The van der Waals surface area contributed by atoms with Crippen molar-refractivity contribution in [1.82, 2.24) is 5.32 Å². The van der Waals surface area contributed by atoms with Crippen LogP contribution >= 0.6 is 11.6 Å². The molecule has 1 atom stereocenters. The molecule has 2 aromatic carbocycles. The van der Waals surface area contributed by atoms with Crippen molar-refractivity contribution in [3.63, 3.8) is 0 Å². The first kappa shape index (κ1) is 16.0. The first-order chi connectivity index (χ1) is 11.0. The van der Waals surface area contributed by atoms with Crippen molar-refractivity contribution >= 4 is 17.5 Å². The molecule has 0 spiro atoms. The highest BCUT2D eigenvalue weighted by Gasteiger charge is 2.45. The molecular formula is C18H17ClFNO2. The highest BCUT2D eigenvalue weighted by molar-refractivity contribution is 6.33. The van der Waals surface area contributed by atoms with E-state index in [2.05, 4.69) is 5.32 Å². The second-order valence-electron chi connectivity index (χ2n) is 5.87. The Hall–Kier alpha value is -1.91. The van der Waals surface area contributed by atoms with Gasteiger partial charge in [-0.3, -0.25) is 4.79 Å². The molecule has 2 aromatic rings. The molecule has 0 aliphatic heterocycles. The standard InChI is InChI=1S/C18H17ClFNO2/c19-16-10-14(20)8-9-15(16)17(22)21-11-18(23,13-6-7-13)12-4-2-1-3-5-12/h1-5,8-10,13,23H,6-7,11H2,(H,21,22)/t18-/m0/s1. The highest BCUT2D eigenvalue weighted by atomic mass is 35.5. The van der Waals surface area contributed by atoms with Crippen LogP contribution in [0.3, 0.4) is 0 Å². The van der Waals surface area contributed by atoms with Crippen LogP contribution in [0.5, 0.6) is 0 Å². The van der Waals surface area contributed by atoms with Crippen LogP contribution in [0.25, 0.3) is 0 Å². The van der Waals surface area contributed by atoms with E-state index >= 15 is 0 Å². The second-order valence-corrected chi connectivity index (χ2v) is 6.28. The first-order valence-electron chi connectivity index (χ1n) is 7.52. The number of nitrogens with one attached hydrogen (secondary N) is 1. The zero-order valence-corrected chi connectivity index (χ0v) is 13.2. The predicted octanol–water partition coefficient (Wildman–Crippen LogP) is 3.51. The van der Waals surface area contributed by atoms with Crippen LogP contribution in [0.2, 0.25) is 5.02 Å². The molecule has 1 fully saturated rings. The van der Waals surface area contributed by atoms with Crippen molar-refractivity contribution in [2.45, 2.75) is 18.4 Å². The lowest BCUT2D eigenvalue weighted by Gasteiger charge is -2.29. The van der Waals surface area contributed by atoms with Crippen LogP contribution in [0.15, 0.2) is 48.5 Å². The van der Waals surface area contributed by atoms with Crippen LogP contribution < -0.4 is 5.32 Å². The fourth-order valence-corrected chi connectivity index (χ4v) is 3.01. The predicted molar refractivity (Wildman–Crippen MR) is 86.8 cm³/mol. The summed E-state index contributed by atoms with van der Waals surface area (Å²) in [6, 6.07) is 12.9. The maximum atomic E-state index is 13.1. The third-order valence-corrected chi connectivity index (χ3v) is 4.53. The number of rotatable bonds is 5. The van der Waals surface area contributed by atoms with Crippen LogP contribution in [0.4, 0.5) is 4.39 Å². The lowest BCUT2D eigenvalue weighted by Crippen LogP contribution is -2.42. The number of hydrogen-bond donors (Lipinski definition) is 2. The van der Waals surface area contributed by atoms with Gasteiger partial charge in [-0.1, -0.05) is 41.9 Å². The van der Waals surface area contributed by atoms with E-state index in [0.717, 1.165) is 24.5 Å². The van der Waals surface area contributed by atoms with E-state index in [4.69, 9.17) is 11.6 Å². The molecule has 0 saturated heterocycles. The SMILES string of the molecule is O=C(NC[C@](O)(c1ccccc1)C1CC1)c1ccc(F)cc1Cl. The van der Waals surface area contributed by atoms with E-state index in [-0.39, 0.29) is 23.0 Å². The molecular weight excluding hydrogens is 317 g/mol. The third-order valence-electron chi connectivity index (χ3n) is 4.22. The van der Waals surface area contributed by atoms with Crippen LogP contribution in [-0.2, 0) is 5.60 Å². The summed E-state index contributed by atoms with van der Waals surface area (Å²) >= 11 is 5.90. The van der Waals surface area contributed by atoms with Gasteiger partial charge in [0.25, 0.3) is 5.91 Å². The molecule has 1 aliphatic rings. The van der Waals surface area contributed by atoms with Gasteiger partial charge in [0.2, 0.25) is 0 Å². The molecule has 0 heterocycles. The summed E-state index contributed by atoms with van der Waals surface area (Å²) in [6.07, 6.45) is 1.86. The molecule has 5 heteroatoms. The number of hydrogen-bond acceptors (Lipinski definition) is 2. The van der Waals surface area contributed by atoms with Gasteiger partial charge >= 0.3 is 0 Å². The van der Waals surface area contributed by atoms with Crippen LogP contribution in [0, 0.1) is 11.7 Å². The lowest BCUT2D eigenvalue weighted by molar-refractivity contribution is 0.0135. The van der Waals surface area contributed by atoms with E-state index in [9.17, 15) is 14.3 Å². The summed E-state index contributed by atoms with van der Waals surface area (Å²) < 4.78 is 13.1. The Morgan fingerprint density at radius 3 is 2.57 bits per heavy atom. The first-order valence-corrected chi connectivity index (χ1v) is 7.89. The average Bonchev–Trinajstić information content (AvgIpc) is 3.38. The summed E-state index contributed by atoms with van der Waals surface area (Å²) in [5, 5.41) is 13.8. The van der Waals surface area contributed by atoms with E-state index in [1.54, 1.807) is 0 Å². The quantitative estimate of drug-likeness (QED) is 0.879. The monoisotopic (exact) mass is 333 g/mol. The maximum Gasteiger partial charge on any atom is 0.252 e. The molecule has 3 nitrogen and oxygen atoms in total. The minimum absolute atomic E-state index is 0.0529. The molecule has 3 rings (SSSR count). The van der Waals surface area contributed by atoms with Crippen molar-refractivity contribution in [2.75, 3.05) is 6.54 Å². The number of carbonyl (C=O) groups is 1. The number of aliphatic hydroxyl groups is 1. The molecule has 23 heavy (non-hydrogen) atoms. The normalized spacial score (nSPS) is 16.7. The van der Waals surface area contributed by atoms with Gasteiger partial charge in [-0.05, 0) is 42.5 Å². The summed E-state index contributed by atoms with van der Waals surface area (Å²) in [5.41, 5.74) is -0.115. The van der Waals surface area contributed by atoms with Crippen molar-refractivity contribution in [3.05, 3.63) is 70.5 Å². The zero-order chi connectivity index (χ0) is 16.4. The molecule has 1 aliphatic carbocycles. The molecule has 1 amide bonds. The van der Waals surface area contributed by atoms with Crippen molar-refractivity contribution in [1.29, 1.82) is 0 Å². The Bertz CT molecular complexity index is 718. The van der Waals surface area contributed by atoms with Gasteiger partial charge in [0.15, 0.2) is 0 Å². The van der Waals surface area contributed by atoms with Gasteiger partial charge in [-0.2, -0.15) is 0 Å². The van der Waals surface area contributed by atoms with E-state index in [1.807, 2.05) is 30.3 Å². The number of amides is 1. The Morgan fingerprint density at radius 2 is 1.96 bits per heavy atom. The molecule has 0 unspecified atom stereocenters. The Balaban J connectivity index is 1.76. The number of carbonyl (C=O) groups excluding carboxylic acids is 1. The number of halogens is 2. The minimum Gasteiger partial charge on any atom is -0.383 e. The van der Waals surface area contributed by atoms with Crippen LogP contribution in [-0.4, -0.2) is 17.6 Å². The Labute approximate surface area is 139 Å². The van der Waals surface area contributed by atoms with Gasteiger partial charge in [0, 0.05) is 0 Å². The van der Waals surface area contributed by atoms with Gasteiger partial charge in [-0.25, -0.2) is 4.39 Å². The minimum atomic E-state index is -1.09. The molecule has 0 bridgehead atoms.